The summed E-state index contributed by atoms with van der Waals surface area (Å²) < 4.78 is 16.2. The summed E-state index contributed by atoms with van der Waals surface area (Å²) in [6.45, 7) is 5.95. The number of thiocarbonyl (C=S) groups is 1. The van der Waals surface area contributed by atoms with Gasteiger partial charge in [-0.05, 0) is 38.5 Å². The molecule has 3 heterocycles. The normalized spacial score (nSPS) is 10.6. The summed E-state index contributed by atoms with van der Waals surface area (Å²) in [6.07, 6.45) is 3.26. The Kier molecular flexibility index (Phi) is 5.20. The van der Waals surface area contributed by atoms with Crippen molar-refractivity contribution < 1.29 is 13.9 Å². The lowest BCUT2D eigenvalue weighted by molar-refractivity contribution is 0.314. The first-order chi connectivity index (χ1) is 12.4. The SMILES string of the molecule is COC(=S)Oc1cc(-c2cccnc2)oc(=O)c1-c1c(C)sc(C)c1C. The lowest BCUT2D eigenvalue weighted by atomic mass is 10.0. The van der Waals surface area contributed by atoms with E-state index in [9.17, 15) is 4.79 Å². The predicted octanol–water partition coefficient (Wildman–Crippen LogP) is 4.67. The molecule has 0 bridgehead atoms. The molecule has 0 saturated carbocycles. The van der Waals surface area contributed by atoms with Crippen LogP contribution in [0.1, 0.15) is 15.3 Å². The topological polar surface area (TPSA) is 61.6 Å². The van der Waals surface area contributed by atoms with E-state index in [0.717, 1.165) is 20.9 Å². The highest BCUT2D eigenvalue weighted by Gasteiger charge is 2.23. The third-order valence-corrected chi connectivity index (χ3v) is 5.41. The molecule has 0 unspecified atom stereocenters. The smallest absolute Gasteiger partial charge is 0.357 e. The Morgan fingerprint density at radius 2 is 2.00 bits per heavy atom. The van der Waals surface area contributed by atoms with E-state index in [2.05, 4.69) is 4.98 Å². The molecule has 0 N–H and O–H groups in total. The van der Waals surface area contributed by atoms with Crippen LogP contribution in [-0.2, 0) is 4.74 Å². The van der Waals surface area contributed by atoms with Crippen molar-refractivity contribution in [3.63, 3.8) is 0 Å². The summed E-state index contributed by atoms with van der Waals surface area (Å²) in [7, 11) is 1.42. The van der Waals surface area contributed by atoms with E-state index < -0.39 is 5.63 Å². The lowest BCUT2D eigenvalue weighted by Gasteiger charge is -2.12. The fourth-order valence-corrected chi connectivity index (χ4v) is 3.88. The summed E-state index contributed by atoms with van der Waals surface area (Å²) in [5, 5.41) is -0.0729. The molecular weight excluding hydrogens is 370 g/mol. The summed E-state index contributed by atoms with van der Waals surface area (Å²) in [5.41, 5.74) is 2.34. The Hall–Kier alpha value is -2.51. The number of ether oxygens (including phenoxy) is 2. The van der Waals surface area contributed by atoms with Crippen molar-refractivity contribution in [3.05, 3.63) is 56.3 Å². The molecule has 0 radical (unpaired) electrons. The standard InChI is InChI=1S/C19H17NO4S2/c1-10-11(2)26-12(3)16(10)17-15(24-19(25)22-4)8-14(23-18(17)21)13-6-5-7-20-9-13/h5-9H,1-4H3. The van der Waals surface area contributed by atoms with Gasteiger partial charge in [0.2, 0.25) is 0 Å². The van der Waals surface area contributed by atoms with E-state index in [0.29, 0.717) is 22.6 Å². The fraction of sp³-hybridized carbons (Fsp3) is 0.211. The van der Waals surface area contributed by atoms with Crippen LogP contribution in [0.5, 0.6) is 5.75 Å². The van der Waals surface area contributed by atoms with Gasteiger partial charge in [0, 0.05) is 51.6 Å². The molecule has 134 valence electrons. The number of rotatable bonds is 3. The van der Waals surface area contributed by atoms with E-state index in [1.54, 1.807) is 41.9 Å². The van der Waals surface area contributed by atoms with E-state index >= 15 is 0 Å². The lowest BCUT2D eigenvalue weighted by Crippen LogP contribution is -2.13. The average molecular weight is 387 g/mol. The number of aryl methyl sites for hydroxylation is 2. The van der Waals surface area contributed by atoms with Crippen LogP contribution in [0.4, 0.5) is 0 Å². The van der Waals surface area contributed by atoms with Gasteiger partial charge in [-0.15, -0.1) is 11.3 Å². The number of methoxy groups -OCH3 is 1. The Labute approximate surface area is 160 Å². The molecule has 0 aliphatic carbocycles. The van der Waals surface area contributed by atoms with Crippen LogP contribution in [0.25, 0.3) is 22.5 Å². The molecule has 0 spiro atoms. The minimum atomic E-state index is -0.496. The van der Waals surface area contributed by atoms with Crippen LogP contribution in [-0.4, -0.2) is 17.3 Å². The molecule has 3 rings (SSSR count). The number of aromatic nitrogens is 1. The van der Waals surface area contributed by atoms with Gasteiger partial charge in [-0.3, -0.25) is 4.98 Å². The number of pyridine rings is 1. The van der Waals surface area contributed by atoms with E-state index in [-0.39, 0.29) is 5.24 Å². The third-order valence-electron chi connectivity index (χ3n) is 4.03. The first-order valence-corrected chi connectivity index (χ1v) is 9.06. The number of hydrogen-bond donors (Lipinski definition) is 0. The van der Waals surface area contributed by atoms with E-state index in [4.69, 9.17) is 26.1 Å². The van der Waals surface area contributed by atoms with Crippen molar-refractivity contribution in [1.29, 1.82) is 0 Å². The minimum Gasteiger partial charge on any atom is -0.460 e. The quantitative estimate of drug-likeness (QED) is 0.609. The highest BCUT2D eigenvalue weighted by molar-refractivity contribution is 7.79. The maximum absolute atomic E-state index is 12.9. The second-order valence-electron chi connectivity index (χ2n) is 5.65. The van der Waals surface area contributed by atoms with Gasteiger partial charge in [0.05, 0.1) is 7.11 Å². The first kappa shape index (κ1) is 18.3. The average Bonchev–Trinajstić information content (AvgIpc) is 2.88. The van der Waals surface area contributed by atoms with Gasteiger partial charge in [0.25, 0.3) is 0 Å². The molecule has 0 saturated heterocycles. The Bertz CT molecular complexity index is 1020. The van der Waals surface area contributed by atoms with Crippen LogP contribution >= 0.6 is 23.6 Å². The maximum Gasteiger partial charge on any atom is 0.357 e. The van der Waals surface area contributed by atoms with Crippen LogP contribution in [0.15, 0.2) is 39.8 Å². The predicted molar refractivity (Wildman–Crippen MR) is 106 cm³/mol. The van der Waals surface area contributed by atoms with Gasteiger partial charge in [-0.2, -0.15) is 0 Å². The largest absolute Gasteiger partial charge is 0.460 e. The van der Waals surface area contributed by atoms with Crippen LogP contribution in [0, 0.1) is 20.8 Å². The van der Waals surface area contributed by atoms with E-state index in [1.807, 2.05) is 20.8 Å². The second kappa shape index (κ2) is 7.39. The second-order valence-corrected chi connectivity index (χ2v) is 7.41. The Balaban J connectivity index is 2.26. The summed E-state index contributed by atoms with van der Waals surface area (Å²) >= 11 is 6.66. The van der Waals surface area contributed by atoms with Crippen molar-refractivity contribution in [3.8, 4) is 28.2 Å². The zero-order valence-electron chi connectivity index (χ0n) is 14.8. The molecule has 0 aromatic carbocycles. The van der Waals surface area contributed by atoms with Gasteiger partial charge in [0.1, 0.15) is 11.3 Å². The highest BCUT2D eigenvalue weighted by atomic mass is 32.1. The first-order valence-electron chi connectivity index (χ1n) is 7.83. The number of thiophene rings is 1. The molecule has 3 aromatic rings. The number of hydrogen-bond acceptors (Lipinski definition) is 7. The minimum absolute atomic E-state index is 0.0729. The molecule has 7 heteroatoms. The van der Waals surface area contributed by atoms with Crippen molar-refractivity contribution in [1.82, 2.24) is 4.98 Å². The van der Waals surface area contributed by atoms with Crippen molar-refractivity contribution in [2.24, 2.45) is 0 Å². The molecule has 0 fully saturated rings. The van der Waals surface area contributed by atoms with E-state index in [1.165, 1.54) is 7.11 Å². The molecule has 3 aromatic heterocycles. The van der Waals surface area contributed by atoms with Gasteiger partial charge in [0.15, 0.2) is 5.75 Å². The van der Waals surface area contributed by atoms with Crippen LogP contribution in [0.3, 0.4) is 0 Å². The fourth-order valence-electron chi connectivity index (χ4n) is 2.72. The molecule has 26 heavy (non-hydrogen) atoms. The van der Waals surface area contributed by atoms with Gasteiger partial charge >= 0.3 is 10.9 Å². The molecule has 5 nitrogen and oxygen atoms in total. The number of nitrogens with zero attached hydrogens (tertiary/aromatic N) is 1. The maximum atomic E-state index is 12.9. The molecule has 0 atom stereocenters. The van der Waals surface area contributed by atoms with Crippen molar-refractivity contribution >= 4 is 28.8 Å². The zero-order chi connectivity index (χ0) is 18.8. The van der Waals surface area contributed by atoms with Gasteiger partial charge in [-0.25, -0.2) is 4.79 Å². The Morgan fingerprint density at radius 3 is 2.58 bits per heavy atom. The molecular formula is C19H17NO4S2. The molecule has 0 amide bonds. The zero-order valence-corrected chi connectivity index (χ0v) is 16.4. The van der Waals surface area contributed by atoms with Gasteiger partial charge < -0.3 is 13.9 Å². The molecule has 0 aliphatic rings. The third kappa shape index (κ3) is 3.40. The summed E-state index contributed by atoms with van der Waals surface area (Å²) in [5.74, 6) is 0.652. The van der Waals surface area contributed by atoms with Gasteiger partial charge in [-0.1, -0.05) is 0 Å². The Morgan fingerprint density at radius 1 is 1.23 bits per heavy atom. The summed E-state index contributed by atoms with van der Waals surface area (Å²) in [4.78, 5) is 19.1. The van der Waals surface area contributed by atoms with Crippen LogP contribution in [0.2, 0.25) is 0 Å². The molecule has 0 aliphatic heterocycles. The summed E-state index contributed by atoms with van der Waals surface area (Å²) in [6, 6.07) is 5.21. The van der Waals surface area contributed by atoms with Crippen molar-refractivity contribution in [2.75, 3.05) is 7.11 Å². The van der Waals surface area contributed by atoms with Crippen molar-refractivity contribution in [2.45, 2.75) is 20.8 Å². The highest BCUT2D eigenvalue weighted by Crippen LogP contribution is 2.39. The monoisotopic (exact) mass is 387 g/mol. The van der Waals surface area contributed by atoms with Crippen LogP contribution < -0.4 is 10.4 Å².